The van der Waals surface area contributed by atoms with E-state index in [1.807, 2.05) is 0 Å². The Morgan fingerprint density at radius 3 is 2.05 bits per heavy atom. The van der Waals surface area contributed by atoms with E-state index in [4.69, 9.17) is 0 Å². The van der Waals surface area contributed by atoms with Crippen molar-refractivity contribution in [1.29, 1.82) is 0 Å². The monoisotopic (exact) mass is 268 g/mol. The Labute approximate surface area is 119 Å². The van der Waals surface area contributed by atoms with E-state index in [1.54, 1.807) is 0 Å². The van der Waals surface area contributed by atoms with Crippen molar-refractivity contribution >= 4 is 5.97 Å². The van der Waals surface area contributed by atoms with Crippen molar-refractivity contribution in [3.63, 3.8) is 0 Å². The van der Waals surface area contributed by atoms with Gasteiger partial charge < -0.3 is 5.11 Å². The number of rotatable bonds is 11. The molecule has 0 bridgehead atoms. The van der Waals surface area contributed by atoms with Crippen molar-refractivity contribution < 1.29 is 9.90 Å². The van der Waals surface area contributed by atoms with E-state index >= 15 is 0 Å². The summed E-state index contributed by atoms with van der Waals surface area (Å²) in [5.41, 5.74) is 0. The van der Waals surface area contributed by atoms with Crippen molar-refractivity contribution in [3.05, 3.63) is 0 Å². The number of hydrogen-bond donors (Lipinski definition) is 1. The number of carboxylic acids is 1. The molecule has 1 unspecified atom stereocenters. The van der Waals surface area contributed by atoms with E-state index in [-0.39, 0.29) is 5.92 Å². The van der Waals surface area contributed by atoms with E-state index in [0.717, 1.165) is 25.7 Å². The second-order valence-electron chi connectivity index (χ2n) is 6.25. The van der Waals surface area contributed by atoms with Gasteiger partial charge in [-0.15, -0.1) is 0 Å². The third-order valence-electron chi connectivity index (χ3n) is 4.65. The molecule has 0 aromatic heterocycles. The van der Waals surface area contributed by atoms with Gasteiger partial charge in [0.25, 0.3) is 0 Å². The Hall–Kier alpha value is -0.530. The summed E-state index contributed by atoms with van der Waals surface area (Å²) in [7, 11) is 0. The van der Waals surface area contributed by atoms with Crippen LogP contribution in [0.2, 0.25) is 0 Å². The van der Waals surface area contributed by atoms with E-state index in [9.17, 15) is 9.90 Å². The van der Waals surface area contributed by atoms with Crippen molar-refractivity contribution in [3.8, 4) is 0 Å². The molecule has 1 aliphatic rings. The molecule has 0 amide bonds. The molecule has 0 saturated heterocycles. The molecule has 1 N–H and O–H groups in total. The van der Waals surface area contributed by atoms with E-state index in [0.29, 0.717) is 5.92 Å². The second-order valence-corrected chi connectivity index (χ2v) is 6.25. The average molecular weight is 268 g/mol. The minimum atomic E-state index is -0.546. The lowest BCUT2D eigenvalue weighted by Crippen LogP contribution is -2.21. The molecule has 0 radical (unpaired) electrons. The van der Waals surface area contributed by atoms with Gasteiger partial charge in [0.15, 0.2) is 0 Å². The molecular weight excluding hydrogens is 236 g/mol. The van der Waals surface area contributed by atoms with Gasteiger partial charge in [-0.05, 0) is 25.2 Å². The third-order valence-corrected chi connectivity index (χ3v) is 4.65. The number of aliphatic carboxylic acids is 1. The van der Waals surface area contributed by atoms with Crippen LogP contribution in [-0.2, 0) is 4.79 Å². The maximum atomic E-state index is 11.3. The average Bonchev–Trinajstić information content (AvgIpc) is 2.90. The van der Waals surface area contributed by atoms with Crippen LogP contribution in [0.25, 0.3) is 0 Å². The molecule has 2 nitrogen and oxygen atoms in total. The summed E-state index contributed by atoms with van der Waals surface area (Å²) < 4.78 is 0. The highest BCUT2D eigenvalue weighted by Gasteiger charge is 2.29. The summed E-state index contributed by atoms with van der Waals surface area (Å²) in [5, 5.41) is 9.33. The van der Waals surface area contributed by atoms with Gasteiger partial charge in [-0.25, -0.2) is 0 Å². The molecule has 1 saturated carbocycles. The molecule has 1 aliphatic carbocycles. The van der Waals surface area contributed by atoms with Gasteiger partial charge in [0.2, 0.25) is 0 Å². The minimum Gasteiger partial charge on any atom is -0.481 e. The molecule has 0 aromatic carbocycles. The standard InChI is InChI=1S/C17H32O2/c1-2-3-4-5-6-7-8-9-14-16(17(18)19)15-12-10-11-13-15/h15-16H,2-14H2,1H3,(H,18,19). The molecule has 1 rings (SSSR count). The van der Waals surface area contributed by atoms with Crippen LogP contribution < -0.4 is 0 Å². The summed E-state index contributed by atoms with van der Waals surface area (Å²) in [4.78, 5) is 11.3. The zero-order chi connectivity index (χ0) is 13.9. The largest absolute Gasteiger partial charge is 0.481 e. The van der Waals surface area contributed by atoms with Crippen molar-refractivity contribution in [2.75, 3.05) is 0 Å². The molecule has 2 heteroatoms. The topological polar surface area (TPSA) is 37.3 Å². The lowest BCUT2D eigenvalue weighted by molar-refractivity contribution is -0.144. The predicted molar refractivity (Wildman–Crippen MR) is 80.3 cm³/mol. The van der Waals surface area contributed by atoms with Crippen LogP contribution in [-0.4, -0.2) is 11.1 Å². The first-order chi connectivity index (χ1) is 9.25. The lowest BCUT2D eigenvalue weighted by atomic mass is 9.86. The number of carboxylic acid groups (broad SMARTS) is 1. The molecule has 0 aliphatic heterocycles. The fourth-order valence-corrected chi connectivity index (χ4v) is 3.42. The Bertz CT molecular complexity index is 231. The normalized spacial score (nSPS) is 17.7. The zero-order valence-electron chi connectivity index (χ0n) is 12.7. The Morgan fingerprint density at radius 1 is 1.00 bits per heavy atom. The number of carbonyl (C=O) groups is 1. The van der Waals surface area contributed by atoms with E-state index in [2.05, 4.69) is 6.92 Å². The van der Waals surface area contributed by atoms with Crippen molar-refractivity contribution in [2.24, 2.45) is 11.8 Å². The van der Waals surface area contributed by atoms with Crippen LogP contribution in [0.3, 0.4) is 0 Å². The third kappa shape index (κ3) is 6.98. The molecule has 1 atom stereocenters. The number of unbranched alkanes of at least 4 members (excludes halogenated alkanes) is 7. The van der Waals surface area contributed by atoms with Gasteiger partial charge in [-0.2, -0.15) is 0 Å². The Morgan fingerprint density at radius 2 is 1.53 bits per heavy atom. The van der Waals surface area contributed by atoms with Gasteiger partial charge in [0.1, 0.15) is 0 Å². The maximum absolute atomic E-state index is 11.3. The SMILES string of the molecule is CCCCCCCCCCC(C(=O)O)C1CCCC1. The molecular formula is C17H32O2. The Balaban J connectivity index is 2.03. The maximum Gasteiger partial charge on any atom is 0.306 e. The van der Waals surface area contributed by atoms with E-state index < -0.39 is 5.97 Å². The minimum absolute atomic E-state index is 0.0532. The van der Waals surface area contributed by atoms with Gasteiger partial charge in [0, 0.05) is 0 Å². The summed E-state index contributed by atoms with van der Waals surface area (Å²) in [6.45, 7) is 2.25. The summed E-state index contributed by atoms with van der Waals surface area (Å²) in [5.74, 6) is -0.125. The molecule has 112 valence electrons. The van der Waals surface area contributed by atoms with Crippen LogP contribution in [0.1, 0.15) is 90.4 Å². The van der Waals surface area contributed by atoms with Crippen molar-refractivity contribution in [2.45, 2.75) is 90.4 Å². The van der Waals surface area contributed by atoms with Crippen LogP contribution >= 0.6 is 0 Å². The van der Waals surface area contributed by atoms with Crippen LogP contribution in [0.15, 0.2) is 0 Å². The van der Waals surface area contributed by atoms with Crippen molar-refractivity contribution in [1.82, 2.24) is 0 Å². The second kappa shape index (κ2) is 10.3. The molecule has 0 heterocycles. The fraction of sp³-hybridized carbons (Fsp3) is 0.941. The molecule has 1 fully saturated rings. The van der Waals surface area contributed by atoms with Gasteiger partial charge in [-0.1, -0.05) is 71.1 Å². The quantitative estimate of drug-likeness (QED) is 0.509. The van der Waals surface area contributed by atoms with Gasteiger partial charge in [0.05, 0.1) is 5.92 Å². The zero-order valence-corrected chi connectivity index (χ0v) is 12.7. The highest BCUT2D eigenvalue weighted by molar-refractivity contribution is 5.70. The number of hydrogen-bond acceptors (Lipinski definition) is 1. The van der Waals surface area contributed by atoms with Gasteiger partial charge >= 0.3 is 5.97 Å². The highest BCUT2D eigenvalue weighted by Crippen LogP contribution is 2.34. The lowest BCUT2D eigenvalue weighted by Gasteiger charge is -2.18. The summed E-state index contributed by atoms with van der Waals surface area (Å²) in [6.07, 6.45) is 16.1. The first-order valence-electron chi connectivity index (χ1n) is 8.48. The van der Waals surface area contributed by atoms with Crippen LogP contribution in [0.5, 0.6) is 0 Å². The smallest absolute Gasteiger partial charge is 0.306 e. The van der Waals surface area contributed by atoms with Gasteiger partial charge in [-0.3, -0.25) is 4.79 Å². The van der Waals surface area contributed by atoms with Crippen LogP contribution in [0, 0.1) is 11.8 Å². The first-order valence-corrected chi connectivity index (χ1v) is 8.48. The first kappa shape index (κ1) is 16.5. The summed E-state index contributed by atoms with van der Waals surface area (Å²) >= 11 is 0. The fourth-order valence-electron chi connectivity index (χ4n) is 3.42. The molecule has 0 aromatic rings. The highest BCUT2D eigenvalue weighted by atomic mass is 16.4. The van der Waals surface area contributed by atoms with Crippen LogP contribution in [0.4, 0.5) is 0 Å². The molecule has 0 spiro atoms. The predicted octanol–water partition coefficient (Wildman–Crippen LogP) is 5.41. The Kier molecular flexibility index (Phi) is 8.94. The molecule has 19 heavy (non-hydrogen) atoms. The summed E-state index contributed by atoms with van der Waals surface area (Å²) in [6, 6.07) is 0. The van der Waals surface area contributed by atoms with E-state index in [1.165, 1.54) is 57.8 Å².